The Kier molecular flexibility index (Phi) is 6.17. The van der Waals surface area contributed by atoms with Gasteiger partial charge in [0.2, 0.25) is 0 Å². The second-order valence-electron chi connectivity index (χ2n) is 5.04. The fourth-order valence-electron chi connectivity index (χ4n) is 2.97. The zero-order valence-corrected chi connectivity index (χ0v) is 15.4. The number of esters is 3. The molecular weight excluding hydrogens is 376 g/mol. The van der Waals surface area contributed by atoms with Crippen LogP contribution in [-0.2, 0) is 38.1 Å². The van der Waals surface area contributed by atoms with E-state index in [1.165, 1.54) is 28.4 Å². The Hall–Kier alpha value is -1.19. The fourth-order valence-corrected chi connectivity index (χ4v) is 3.99. The Bertz CT molecular complexity index is 489. The molecule has 0 aromatic carbocycles. The van der Waals surface area contributed by atoms with Gasteiger partial charge in [0.1, 0.15) is 5.41 Å². The van der Waals surface area contributed by atoms with Crippen LogP contribution in [0, 0.1) is 5.41 Å². The predicted molar refractivity (Wildman–Crippen MR) is 80.7 cm³/mol. The van der Waals surface area contributed by atoms with E-state index in [2.05, 4.69) is 20.7 Å². The van der Waals surface area contributed by atoms with Gasteiger partial charge >= 0.3 is 17.9 Å². The van der Waals surface area contributed by atoms with Crippen LogP contribution in [0.2, 0.25) is 0 Å². The number of methoxy groups -OCH3 is 4. The third-order valence-corrected chi connectivity index (χ3v) is 5.87. The van der Waals surface area contributed by atoms with Crippen LogP contribution in [0.5, 0.6) is 0 Å². The van der Waals surface area contributed by atoms with Gasteiger partial charge in [-0.1, -0.05) is 15.9 Å². The minimum absolute atomic E-state index is 0.0746. The van der Waals surface area contributed by atoms with E-state index in [4.69, 9.17) is 18.9 Å². The molecule has 9 heteroatoms. The lowest BCUT2D eigenvalue weighted by Gasteiger charge is -2.61. The molecule has 0 aromatic rings. The molecule has 1 saturated carbocycles. The van der Waals surface area contributed by atoms with Crippen molar-refractivity contribution in [1.82, 2.24) is 0 Å². The van der Waals surface area contributed by atoms with Crippen LogP contribution in [0.25, 0.3) is 0 Å². The fraction of sp³-hybridized carbons (Fsp3) is 0.786. The first-order valence-electron chi connectivity index (χ1n) is 6.86. The van der Waals surface area contributed by atoms with E-state index in [1.807, 2.05) is 0 Å². The van der Waals surface area contributed by atoms with E-state index in [0.29, 0.717) is 0 Å². The molecule has 132 valence electrons. The summed E-state index contributed by atoms with van der Waals surface area (Å²) in [5, 5.41) is 0. The van der Waals surface area contributed by atoms with E-state index in [1.54, 1.807) is 6.92 Å². The molecule has 0 saturated heterocycles. The summed E-state index contributed by atoms with van der Waals surface area (Å²) < 4.78 is 23.5. The average molecular weight is 397 g/mol. The number of carbonyl (C=O) groups is 3. The highest BCUT2D eigenvalue weighted by Crippen LogP contribution is 2.66. The molecule has 0 unspecified atom stereocenters. The molecular formula is C14H21BrO8. The molecule has 23 heavy (non-hydrogen) atoms. The Morgan fingerprint density at radius 1 is 1.00 bits per heavy atom. The average Bonchev–Trinajstić information content (AvgIpc) is 2.56. The number of carbonyl (C=O) groups excluding carboxylic acids is 3. The van der Waals surface area contributed by atoms with Crippen LogP contribution < -0.4 is 0 Å². The van der Waals surface area contributed by atoms with Crippen molar-refractivity contribution >= 4 is 33.8 Å². The highest BCUT2D eigenvalue weighted by molar-refractivity contribution is 9.10. The third kappa shape index (κ3) is 2.64. The van der Waals surface area contributed by atoms with Gasteiger partial charge in [-0.2, -0.15) is 0 Å². The van der Waals surface area contributed by atoms with Gasteiger partial charge in [0.25, 0.3) is 0 Å². The van der Waals surface area contributed by atoms with Gasteiger partial charge in [-0.25, -0.2) is 0 Å². The summed E-state index contributed by atoms with van der Waals surface area (Å²) in [7, 11) is 5.02. The third-order valence-electron chi connectivity index (χ3n) is 4.18. The maximum atomic E-state index is 12.6. The van der Waals surface area contributed by atoms with E-state index in [-0.39, 0.29) is 13.0 Å². The van der Waals surface area contributed by atoms with Gasteiger partial charge in [0, 0.05) is 20.6 Å². The Morgan fingerprint density at radius 2 is 1.57 bits per heavy atom. The van der Waals surface area contributed by atoms with Crippen LogP contribution >= 0.6 is 15.9 Å². The number of hydrogen-bond donors (Lipinski definition) is 0. The van der Waals surface area contributed by atoms with Gasteiger partial charge in [-0.05, 0) is 6.92 Å². The van der Waals surface area contributed by atoms with Crippen molar-refractivity contribution in [2.45, 2.75) is 29.9 Å². The van der Waals surface area contributed by atoms with Crippen molar-refractivity contribution in [2.24, 2.45) is 5.41 Å². The monoisotopic (exact) mass is 396 g/mol. The Balaban J connectivity index is 3.47. The maximum Gasteiger partial charge on any atom is 0.329 e. The minimum atomic E-state index is -1.76. The molecule has 0 aromatic heterocycles. The van der Waals surface area contributed by atoms with Crippen molar-refractivity contribution in [3.8, 4) is 0 Å². The molecule has 8 nitrogen and oxygen atoms in total. The summed E-state index contributed by atoms with van der Waals surface area (Å²) in [4.78, 5) is 36.8. The molecule has 2 atom stereocenters. The molecule has 1 aliphatic rings. The van der Waals surface area contributed by atoms with Crippen molar-refractivity contribution in [2.75, 3.05) is 35.0 Å². The normalized spacial score (nSPS) is 28.4. The van der Waals surface area contributed by atoms with Crippen molar-refractivity contribution < 1.29 is 38.1 Å². The highest BCUT2D eigenvalue weighted by Gasteiger charge is 2.83. The molecule has 0 aliphatic heterocycles. The van der Waals surface area contributed by atoms with Crippen molar-refractivity contribution in [1.29, 1.82) is 0 Å². The quantitative estimate of drug-likeness (QED) is 0.269. The molecule has 0 amide bonds. The van der Waals surface area contributed by atoms with Gasteiger partial charge in [-0.3, -0.25) is 14.4 Å². The number of ether oxygens (including phenoxy) is 5. The van der Waals surface area contributed by atoms with E-state index in [9.17, 15) is 14.4 Å². The van der Waals surface area contributed by atoms with Crippen LogP contribution in [-0.4, -0.2) is 63.1 Å². The minimum Gasteiger partial charge on any atom is -0.469 e. The summed E-state index contributed by atoms with van der Waals surface area (Å²) >= 11 is 3.27. The molecule has 1 aliphatic carbocycles. The summed E-state index contributed by atoms with van der Waals surface area (Å²) in [5.74, 6) is -3.72. The van der Waals surface area contributed by atoms with Crippen LogP contribution in [0.15, 0.2) is 0 Å². The van der Waals surface area contributed by atoms with Gasteiger partial charge < -0.3 is 23.7 Å². The lowest BCUT2D eigenvalue weighted by Crippen LogP contribution is -2.80. The maximum absolute atomic E-state index is 12.6. The predicted octanol–water partition coefficient (Wildman–Crippen LogP) is 0.798. The van der Waals surface area contributed by atoms with Crippen LogP contribution in [0.3, 0.4) is 0 Å². The van der Waals surface area contributed by atoms with Gasteiger partial charge in [0.05, 0.1) is 27.2 Å². The Morgan fingerprint density at radius 3 is 1.96 bits per heavy atom. The highest BCUT2D eigenvalue weighted by atomic mass is 79.9. The first-order chi connectivity index (χ1) is 10.7. The Labute approximate surface area is 142 Å². The standard InChI is InChI=1S/C14H21BrO8/c1-6-23-11(18)14(15)12(10(17)20-3,7-9(16)19-2)8-13(14,21-4)22-5/h6-8H2,1-5H3/t12-,14+/m0/s1. The molecule has 0 heterocycles. The lowest BCUT2D eigenvalue weighted by atomic mass is 9.53. The summed E-state index contributed by atoms with van der Waals surface area (Å²) in [6.45, 7) is 1.69. The molecule has 0 radical (unpaired) electrons. The smallest absolute Gasteiger partial charge is 0.329 e. The van der Waals surface area contributed by atoms with Crippen molar-refractivity contribution in [3.63, 3.8) is 0 Å². The molecule has 0 N–H and O–H groups in total. The number of rotatable bonds is 7. The van der Waals surface area contributed by atoms with Crippen molar-refractivity contribution in [3.05, 3.63) is 0 Å². The number of alkyl halides is 1. The lowest BCUT2D eigenvalue weighted by molar-refractivity contribution is -0.314. The molecule has 1 rings (SSSR count). The molecule has 0 spiro atoms. The summed E-state index contributed by atoms with van der Waals surface area (Å²) in [6, 6.07) is 0. The van der Waals surface area contributed by atoms with Gasteiger partial charge in [-0.15, -0.1) is 0 Å². The van der Waals surface area contributed by atoms with E-state index in [0.717, 1.165) is 0 Å². The zero-order chi connectivity index (χ0) is 17.9. The largest absolute Gasteiger partial charge is 0.469 e. The molecule has 1 fully saturated rings. The van der Waals surface area contributed by atoms with Gasteiger partial charge in [0.15, 0.2) is 10.1 Å². The number of halogens is 1. The first kappa shape index (κ1) is 19.9. The van der Waals surface area contributed by atoms with Crippen LogP contribution in [0.4, 0.5) is 0 Å². The van der Waals surface area contributed by atoms with Crippen LogP contribution in [0.1, 0.15) is 19.8 Å². The summed E-state index contributed by atoms with van der Waals surface area (Å²) in [6.07, 6.45) is -0.479. The summed E-state index contributed by atoms with van der Waals surface area (Å²) in [5.41, 5.74) is -1.58. The first-order valence-corrected chi connectivity index (χ1v) is 7.66. The number of hydrogen-bond acceptors (Lipinski definition) is 8. The van der Waals surface area contributed by atoms with E-state index >= 15 is 0 Å². The van der Waals surface area contributed by atoms with E-state index < -0.39 is 39.9 Å². The topological polar surface area (TPSA) is 97.4 Å². The SMILES string of the molecule is CCOC(=O)[C@]1(Br)C(OC)(OC)C[C@@]1(CC(=O)OC)C(=O)OC. The second-order valence-corrected chi connectivity index (χ2v) is 6.23. The zero-order valence-electron chi connectivity index (χ0n) is 13.8. The molecule has 0 bridgehead atoms. The second kappa shape index (κ2) is 7.14.